The minimum atomic E-state index is -0.488. The van der Waals surface area contributed by atoms with Gasteiger partial charge in [-0.3, -0.25) is 14.7 Å². The van der Waals surface area contributed by atoms with Crippen LogP contribution >= 0.6 is 23.2 Å². The standard InChI is InChI=1S/C22H17Cl2N3O2/c23-14-10-9-12(11-15(14)24)18-19-16(7-4-8-17(19)28)25-21-20(18)22(29)27(26-21)13-5-2-1-3-6-13/h1-3,5-6,9-11,18,25-26H,4,7-8H2/t18-/m0/s1. The molecule has 0 amide bonds. The number of aromatic nitrogens is 2. The van der Waals surface area contributed by atoms with Crippen molar-refractivity contribution in [2.24, 2.45) is 0 Å². The van der Waals surface area contributed by atoms with Gasteiger partial charge in [-0.05, 0) is 42.7 Å². The fourth-order valence-electron chi connectivity index (χ4n) is 4.22. The number of nitrogens with zero attached hydrogens (tertiary/aromatic N) is 1. The predicted molar refractivity (Wildman–Crippen MR) is 114 cm³/mol. The number of anilines is 1. The number of halogens is 2. The molecule has 0 spiro atoms. The van der Waals surface area contributed by atoms with E-state index in [0.717, 1.165) is 29.8 Å². The minimum Gasteiger partial charge on any atom is -0.343 e. The van der Waals surface area contributed by atoms with Gasteiger partial charge in [-0.1, -0.05) is 47.5 Å². The highest BCUT2D eigenvalue weighted by Crippen LogP contribution is 2.44. The SMILES string of the molecule is O=C1CCCC2=C1[C@H](c1ccc(Cl)c(Cl)c1)c1c([nH]n(-c3ccccc3)c1=O)N2. The lowest BCUT2D eigenvalue weighted by molar-refractivity contribution is -0.116. The van der Waals surface area contributed by atoms with Gasteiger partial charge in [0.25, 0.3) is 5.56 Å². The van der Waals surface area contributed by atoms with Crippen LogP contribution in [0.4, 0.5) is 5.82 Å². The lowest BCUT2D eigenvalue weighted by atomic mass is 9.77. The number of benzene rings is 2. The van der Waals surface area contributed by atoms with Crippen molar-refractivity contribution in [3.8, 4) is 5.69 Å². The third-order valence-corrected chi connectivity index (χ3v) is 6.27. The summed E-state index contributed by atoms with van der Waals surface area (Å²) in [7, 11) is 0. The smallest absolute Gasteiger partial charge is 0.277 e. The van der Waals surface area contributed by atoms with Crippen LogP contribution in [0, 0.1) is 0 Å². The van der Waals surface area contributed by atoms with Crippen LogP contribution in [0.1, 0.15) is 36.3 Å². The first kappa shape index (κ1) is 18.3. The minimum absolute atomic E-state index is 0.0623. The van der Waals surface area contributed by atoms with Crippen LogP contribution < -0.4 is 10.9 Å². The first-order chi connectivity index (χ1) is 14.0. The summed E-state index contributed by atoms with van der Waals surface area (Å²) in [6.45, 7) is 0. The third kappa shape index (κ3) is 2.93. The number of ketones is 1. The van der Waals surface area contributed by atoms with E-state index in [9.17, 15) is 9.59 Å². The highest BCUT2D eigenvalue weighted by atomic mass is 35.5. The monoisotopic (exact) mass is 425 g/mol. The fourth-order valence-corrected chi connectivity index (χ4v) is 4.53. The molecule has 2 N–H and O–H groups in total. The fraction of sp³-hybridized carbons (Fsp3) is 0.182. The number of nitrogens with one attached hydrogen (secondary N) is 2. The van der Waals surface area contributed by atoms with Gasteiger partial charge in [0.1, 0.15) is 5.82 Å². The number of H-pyrrole nitrogens is 1. The number of allylic oxidation sites excluding steroid dienone is 2. The Hall–Kier alpha value is -2.76. The van der Waals surface area contributed by atoms with Gasteiger partial charge in [0.15, 0.2) is 5.78 Å². The molecule has 1 aliphatic carbocycles. The number of fused-ring (bicyclic) bond motifs is 1. The highest BCUT2D eigenvalue weighted by molar-refractivity contribution is 6.42. The third-order valence-electron chi connectivity index (χ3n) is 5.53. The molecule has 146 valence electrons. The number of para-hydroxylation sites is 1. The Morgan fingerprint density at radius 1 is 0.966 bits per heavy atom. The van der Waals surface area contributed by atoms with E-state index < -0.39 is 5.92 Å². The van der Waals surface area contributed by atoms with Crippen molar-refractivity contribution in [1.82, 2.24) is 9.78 Å². The second-order valence-electron chi connectivity index (χ2n) is 7.28. The lowest BCUT2D eigenvalue weighted by Gasteiger charge is -2.31. The zero-order chi connectivity index (χ0) is 20.1. The van der Waals surface area contributed by atoms with Crippen molar-refractivity contribution < 1.29 is 4.79 Å². The molecular formula is C22H17Cl2N3O2. The topological polar surface area (TPSA) is 66.9 Å². The molecule has 5 nitrogen and oxygen atoms in total. The number of hydrogen-bond donors (Lipinski definition) is 2. The van der Waals surface area contributed by atoms with Crippen LogP contribution in [-0.4, -0.2) is 15.6 Å². The summed E-state index contributed by atoms with van der Waals surface area (Å²) in [6.07, 6.45) is 2.03. The number of hydrogen-bond acceptors (Lipinski definition) is 3. The summed E-state index contributed by atoms with van der Waals surface area (Å²) >= 11 is 12.4. The van der Waals surface area contributed by atoms with Crippen molar-refractivity contribution in [2.75, 3.05) is 5.32 Å². The van der Waals surface area contributed by atoms with Crippen LogP contribution in [0.15, 0.2) is 64.6 Å². The van der Waals surface area contributed by atoms with E-state index >= 15 is 0 Å². The molecule has 0 saturated heterocycles. The lowest BCUT2D eigenvalue weighted by Crippen LogP contribution is -2.29. The molecule has 0 fully saturated rings. The molecule has 2 aliphatic rings. The molecule has 1 aliphatic heterocycles. The molecule has 0 unspecified atom stereocenters. The Kier molecular flexibility index (Phi) is 4.37. The second-order valence-corrected chi connectivity index (χ2v) is 8.09. The molecule has 29 heavy (non-hydrogen) atoms. The summed E-state index contributed by atoms with van der Waals surface area (Å²) in [5.41, 5.74) is 3.35. The quantitative estimate of drug-likeness (QED) is 0.604. The first-order valence-electron chi connectivity index (χ1n) is 9.43. The number of carbonyl (C=O) groups is 1. The summed E-state index contributed by atoms with van der Waals surface area (Å²) in [5.74, 6) is 0.188. The van der Waals surface area contributed by atoms with Gasteiger partial charge in [-0.15, -0.1) is 0 Å². The molecule has 0 radical (unpaired) electrons. The van der Waals surface area contributed by atoms with Crippen LogP contribution in [-0.2, 0) is 4.79 Å². The van der Waals surface area contributed by atoms with Gasteiger partial charge in [-0.25, -0.2) is 4.68 Å². The van der Waals surface area contributed by atoms with Crippen molar-refractivity contribution in [2.45, 2.75) is 25.2 Å². The van der Waals surface area contributed by atoms with Crippen molar-refractivity contribution >= 4 is 34.8 Å². The summed E-state index contributed by atoms with van der Waals surface area (Å²) in [4.78, 5) is 26.3. The van der Waals surface area contributed by atoms with E-state index in [1.165, 1.54) is 4.68 Å². The Morgan fingerprint density at radius 3 is 2.52 bits per heavy atom. The summed E-state index contributed by atoms with van der Waals surface area (Å²) in [5, 5.41) is 7.32. The van der Waals surface area contributed by atoms with Crippen molar-refractivity contribution in [3.63, 3.8) is 0 Å². The molecule has 0 bridgehead atoms. The number of rotatable bonds is 2. The number of aromatic amines is 1. The van der Waals surface area contributed by atoms with Gasteiger partial charge in [0.05, 0.1) is 21.3 Å². The molecule has 0 saturated carbocycles. The van der Waals surface area contributed by atoms with E-state index in [1.54, 1.807) is 12.1 Å². The maximum atomic E-state index is 13.4. The van der Waals surface area contributed by atoms with Crippen molar-refractivity contribution in [1.29, 1.82) is 0 Å². The Bertz CT molecular complexity index is 1220. The van der Waals surface area contributed by atoms with E-state index in [0.29, 0.717) is 33.4 Å². The molecular weight excluding hydrogens is 409 g/mol. The van der Waals surface area contributed by atoms with Crippen LogP contribution in [0.5, 0.6) is 0 Å². The summed E-state index contributed by atoms with van der Waals surface area (Å²) < 4.78 is 1.51. The maximum absolute atomic E-state index is 13.4. The molecule has 1 atom stereocenters. The molecule has 5 rings (SSSR count). The molecule has 3 aromatic rings. The number of Topliss-reactive ketones (excluding diaryl/α,β-unsaturated/α-hetero) is 1. The molecule has 2 aromatic carbocycles. The maximum Gasteiger partial charge on any atom is 0.277 e. The van der Waals surface area contributed by atoms with E-state index in [2.05, 4.69) is 10.4 Å². The van der Waals surface area contributed by atoms with Crippen LogP contribution in [0.3, 0.4) is 0 Å². The second kappa shape index (κ2) is 6.94. The first-order valence-corrected chi connectivity index (χ1v) is 10.2. The van der Waals surface area contributed by atoms with Gasteiger partial charge in [0.2, 0.25) is 0 Å². The average Bonchev–Trinajstić information content (AvgIpc) is 3.06. The summed E-state index contributed by atoms with van der Waals surface area (Å²) in [6, 6.07) is 14.6. The number of carbonyl (C=O) groups excluding carboxylic acids is 1. The van der Waals surface area contributed by atoms with Gasteiger partial charge in [0, 0.05) is 23.6 Å². The zero-order valence-corrected chi connectivity index (χ0v) is 16.8. The largest absolute Gasteiger partial charge is 0.343 e. The Morgan fingerprint density at radius 2 is 1.76 bits per heavy atom. The van der Waals surface area contributed by atoms with E-state index in [4.69, 9.17) is 23.2 Å². The van der Waals surface area contributed by atoms with E-state index in [1.807, 2.05) is 36.4 Å². The van der Waals surface area contributed by atoms with Crippen molar-refractivity contribution in [3.05, 3.63) is 91.3 Å². The predicted octanol–water partition coefficient (Wildman–Crippen LogP) is 5.04. The van der Waals surface area contributed by atoms with Gasteiger partial charge in [-0.2, -0.15) is 0 Å². The van der Waals surface area contributed by atoms with Gasteiger partial charge >= 0.3 is 0 Å². The van der Waals surface area contributed by atoms with E-state index in [-0.39, 0.29) is 11.3 Å². The molecule has 7 heteroatoms. The van der Waals surface area contributed by atoms with Crippen LogP contribution in [0.2, 0.25) is 10.0 Å². The highest BCUT2D eigenvalue weighted by Gasteiger charge is 2.38. The molecule has 2 heterocycles. The molecule has 1 aromatic heterocycles. The Balaban J connectivity index is 1.76. The van der Waals surface area contributed by atoms with Crippen LogP contribution in [0.25, 0.3) is 5.69 Å². The zero-order valence-electron chi connectivity index (χ0n) is 15.3. The Labute approximate surface area is 176 Å². The van der Waals surface area contributed by atoms with Gasteiger partial charge < -0.3 is 5.32 Å². The normalized spacial score (nSPS) is 18.3. The average molecular weight is 426 g/mol.